The number of ketones is 1. The zero-order chi connectivity index (χ0) is 17.5. The van der Waals surface area contributed by atoms with Gasteiger partial charge in [0.15, 0.2) is 5.78 Å². The summed E-state index contributed by atoms with van der Waals surface area (Å²) in [6.45, 7) is 0. The van der Waals surface area contributed by atoms with Crippen molar-refractivity contribution >= 4 is 29.6 Å². The van der Waals surface area contributed by atoms with Gasteiger partial charge < -0.3 is 5.11 Å². The fourth-order valence-electron chi connectivity index (χ4n) is 1.90. The maximum Gasteiger partial charge on any atom is 0.328 e. The highest BCUT2D eigenvalue weighted by atomic mass is 16.6. The van der Waals surface area contributed by atoms with Crippen molar-refractivity contribution < 1.29 is 19.6 Å². The van der Waals surface area contributed by atoms with Crippen LogP contribution in [0, 0.1) is 10.1 Å². The minimum absolute atomic E-state index is 0.0690. The molecule has 6 heteroatoms. The first kappa shape index (κ1) is 16.8. The summed E-state index contributed by atoms with van der Waals surface area (Å²) in [5, 5.41) is 19.1. The molecule has 0 aliphatic rings. The number of hydrogen-bond donors (Lipinski definition) is 1. The molecule has 0 aromatic heterocycles. The molecule has 0 unspecified atom stereocenters. The number of rotatable bonds is 6. The molecule has 0 radical (unpaired) electrons. The van der Waals surface area contributed by atoms with Crippen LogP contribution in [-0.2, 0) is 4.79 Å². The lowest BCUT2D eigenvalue weighted by molar-refractivity contribution is -0.384. The van der Waals surface area contributed by atoms with E-state index in [1.807, 2.05) is 0 Å². The van der Waals surface area contributed by atoms with Gasteiger partial charge in [0, 0.05) is 23.8 Å². The molecular weight excluding hydrogens is 310 g/mol. The van der Waals surface area contributed by atoms with Crippen LogP contribution in [0.25, 0.3) is 12.2 Å². The Kier molecular flexibility index (Phi) is 5.36. The normalized spacial score (nSPS) is 11.0. The third-order valence-corrected chi connectivity index (χ3v) is 3.14. The van der Waals surface area contributed by atoms with Crippen LogP contribution in [0.4, 0.5) is 5.69 Å². The molecule has 0 saturated heterocycles. The zero-order valence-electron chi connectivity index (χ0n) is 12.5. The molecular formula is C18H13NO5. The van der Waals surface area contributed by atoms with Gasteiger partial charge in [-0.05, 0) is 35.4 Å². The predicted octanol–water partition coefficient (Wildman–Crippen LogP) is 3.59. The molecule has 0 saturated carbocycles. The van der Waals surface area contributed by atoms with Gasteiger partial charge in [0.2, 0.25) is 0 Å². The van der Waals surface area contributed by atoms with Crippen LogP contribution in [0.5, 0.6) is 0 Å². The van der Waals surface area contributed by atoms with Gasteiger partial charge >= 0.3 is 5.97 Å². The van der Waals surface area contributed by atoms with E-state index < -0.39 is 10.9 Å². The van der Waals surface area contributed by atoms with Crippen LogP contribution in [0.1, 0.15) is 21.5 Å². The quantitative estimate of drug-likeness (QED) is 0.379. The number of aliphatic carboxylic acids is 1. The Morgan fingerprint density at radius 1 is 0.875 bits per heavy atom. The summed E-state index contributed by atoms with van der Waals surface area (Å²) in [7, 11) is 0. The van der Waals surface area contributed by atoms with Crippen molar-refractivity contribution in [3.63, 3.8) is 0 Å². The van der Waals surface area contributed by atoms with E-state index in [-0.39, 0.29) is 11.5 Å². The Hall–Kier alpha value is -3.54. The number of carboxylic acids is 1. The van der Waals surface area contributed by atoms with Crippen molar-refractivity contribution in [2.75, 3.05) is 0 Å². The highest BCUT2D eigenvalue weighted by Crippen LogP contribution is 2.13. The summed E-state index contributed by atoms with van der Waals surface area (Å²) in [6, 6.07) is 12.3. The summed E-state index contributed by atoms with van der Waals surface area (Å²) in [5.74, 6) is -1.28. The van der Waals surface area contributed by atoms with Gasteiger partial charge in [0.25, 0.3) is 5.69 Å². The third-order valence-electron chi connectivity index (χ3n) is 3.14. The standard InChI is InChI=1S/C18H13NO5/c20-17(15-7-9-16(10-8-15)19(23)24)11-5-13-1-3-14(4-2-13)6-12-18(21)22/h1-12H,(H,21,22)/b11-5+,12-6+. The summed E-state index contributed by atoms with van der Waals surface area (Å²) in [6.07, 6.45) is 5.51. The molecule has 0 amide bonds. The van der Waals surface area contributed by atoms with E-state index in [1.165, 1.54) is 36.4 Å². The molecule has 120 valence electrons. The number of nitrogens with zero attached hydrogens (tertiary/aromatic N) is 1. The lowest BCUT2D eigenvalue weighted by atomic mass is 10.1. The van der Waals surface area contributed by atoms with E-state index >= 15 is 0 Å². The van der Waals surface area contributed by atoms with E-state index in [0.717, 1.165) is 17.2 Å². The van der Waals surface area contributed by atoms with E-state index in [0.29, 0.717) is 5.56 Å². The van der Waals surface area contributed by atoms with Crippen LogP contribution in [0.15, 0.2) is 60.7 Å². The van der Waals surface area contributed by atoms with Gasteiger partial charge in [-0.1, -0.05) is 30.3 Å². The average Bonchev–Trinajstić information content (AvgIpc) is 2.58. The predicted molar refractivity (Wildman–Crippen MR) is 89.6 cm³/mol. The van der Waals surface area contributed by atoms with Gasteiger partial charge in [0.1, 0.15) is 0 Å². The molecule has 1 N–H and O–H groups in total. The van der Waals surface area contributed by atoms with E-state index in [4.69, 9.17) is 5.11 Å². The second-order valence-electron chi connectivity index (χ2n) is 4.84. The smallest absolute Gasteiger partial charge is 0.328 e. The summed E-state index contributed by atoms with van der Waals surface area (Å²) in [5.41, 5.74) is 1.80. The highest BCUT2D eigenvalue weighted by molar-refractivity contribution is 6.06. The van der Waals surface area contributed by atoms with E-state index in [1.54, 1.807) is 30.3 Å². The lowest BCUT2D eigenvalue weighted by Crippen LogP contribution is -1.95. The number of carbonyl (C=O) groups is 2. The van der Waals surface area contributed by atoms with Crippen molar-refractivity contribution in [2.45, 2.75) is 0 Å². The summed E-state index contributed by atoms with van der Waals surface area (Å²) in [4.78, 5) is 32.5. The molecule has 2 aromatic carbocycles. The Balaban J connectivity index is 2.05. The molecule has 2 rings (SSSR count). The summed E-state index contributed by atoms with van der Waals surface area (Å²) < 4.78 is 0. The molecule has 2 aromatic rings. The first-order valence-electron chi connectivity index (χ1n) is 6.93. The fraction of sp³-hybridized carbons (Fsp3) is 0. The number of nitro groups is 1. The number of hydrogen-bond acceptors (Lipinski definition) is 4. The van der Waals surface area contributed by atoms with Crippen molar-refractivity contribution in [1.29, 1.82) is 0 Å². The number of allylic oxidation sites excluding steroid dienone is 1. The molecule has 24 heavy (non-hydrogen) atoms. The van der Waals surface area contributed by atoms with E-state index in [9.17, 15) is 19.7 Å². The number of non-ortho nitro benzene ring substituents is 1. The minimum Gasteiger partial charge on any atom is -0.478 e. The highest BCUT2D eigenvalue weighted by Gasteiger charge is 2.07. The van der Waals surface area contributed by atoms with Crippen molar-refractivity contribution in [1.82, 2.24) is 0 Å². The lowest BCUT2D eigenvalue weighted by Gasteiger charge is -1.97. The molecule has 0 bridgehead atoms. The van der Waals surface area contributed by atoms with Crippen LogP contribution < -0.4 is 0 Å². The number of nitro benzene ring substituents is 1. The minimum atomic E-state index is -1.02. The van der Waals surface area contributed by atoms with Crippen molar-refractivity contribution in [3.05, 3.63) is 87.5 Å². The van der Waals surface area contributed by atoms with Crippen molar-refractivity contribution in [2.24, 2.45) is 0 Å². The molecule has 6 nitrogen and oxygen atoms in total. The summed E-state index contributed by atoms with van der Waals surface area (Å²) >= 11 is 0. The van der Waals surface area contributed by atoms with Gasteiger partial charge in [-0.2, -0.15) is 0 Å². The topological polar surface area (TPSA) is 97.5 Å². The first-order valence-corrected chi connectivity index (χ1v) is 6.93. The number of benzene rings is 2. The Morgan fingerprint density at radius 2 is 1.38 bits per heavy atom. The molecule has 0 atom stereocenters. The zero-order valence-corrected chi connectivity index (χ0v) is 12.5. The molecule has 0 fully saturated rings. The SMILES string of the molecule is O=C(O)/C=C/c1ccc(/C=C/C(=O)c2ccc([N+](=O)[O-])cc2)cc1. The Morgan fingerprint density at radius 3 is 1.83 bits per heavy atom. The molecule has 0 aliphatic heterocycles. The van der Waals surface area contributed by atoms with Gasteiger partial charge in [-0.25, -0.2) is 4.79 Å². The van der Waals surface area contributed by atoms with Gasteiger partial charge in [-0.15, -0.1) is 0 Å². The second kappa shape index (κ2) is 7.64. The van der Waals surface area contributed by atoms with Gasteiger partial charge in [0.05, 0.1) is 4.92 Å². The second-order valence-corrected chi connectivity index (χ2v) is 4.84. The largest absolute Gasteiger partial charge is 0.478 e. The fourth-order valence-corrected chi connectivity index (χ4v) is 1.90. The first-order chi connectivity index (χ1) is 11.5. The van der Waals surface area contributed by atoms with Crippen molar-refractivity contribution in [3.8, 4) is 0 Å². The molecule has 0 spiro atoms. The molecule has 0 aliphatic carbocycles. The van der Waals surface area contributed by atoms with Gasteiger partial charge in [-0.3, -0.25) is 14.9 Å². The van der Waals surface area contributed by atoms with Crippen LogP contribution >= 0.6 is 0 Å². The molecule has 0 heterocycles. The Bertz CT molecular complexity index is 817. The average molecular weight is 323 g/mol. The van der Waals surface area contributed by atoms with E-state index in [2.05, 4.69) is 0 Å². The van der Waals surface area contributed by atoms with Crippen LogP contribution in [-0.4, -0.2) is 21.8 Å². The maximum absolute atomic E-state index is 12.0. The third kappa shape index (κ3) is 4.74. The monoisotopic (exact) mass is 323 g/mol. The van der Waals surface area contributed by atoms with Crippen LogP contribution in [0.2, 0.25) is 0 Å². The van der Waals surface area contributed by atoms with Crippen LogP contribution in [0.3, 0.4) is 0 Å². The number of carboxylic acid groups (broad SMARTS) is 1. The number of carbonyl (C=O) groups excluding carboxylic acids is 1. The Labute approximate surface area is 137 Å². The maximum atomic E-state index is 12.0.